The normalized spacial score (nSPS) is 10.5. The highest BCUT2D eigenvalue weighted by Crippen LogP contribution is 2.28. The number of hydrogen-bond donors (Lipinski definition) is 1. The molecule has 4 heteroatoms. The molecule has 2 rings (SSSR count). The molecule has 2 aromatic rings. The third-order valence-electron chi connectivity index (χ3n) is 2.51. The van der Waals surface area contributed by atoms with E-state index in [2.05, 4.69) is 11.1 Å². The summed E-state index contributed by atoms with van der Waals surface area (Å²) in [6, 6.07) is 9.78. The van der Waals surface area contributed by atoms with Gasteiger partial charge < -0.3 is 5.73 Å². The first kappa shape index (κ1) is 12.3. The number of benzene rings is 1. The summed E-state index contributed by atoms with van der Waals surface area (Å²) < 4.78 is 0. The lowest BCUT2D eigenvalue weighted by Gasteiger charge is -2.07. The second kappa shape index (κ2) is 5.43. The fourth-order valence-corrected chi connectivity index (χ4v) is 2.55. The molecule has 0 saturated heterocycles. The molecule has 2 N–H and O–H groups in total. The van der Waals surface area contributed by atoms with E-state index in [-0.39, 0.29) is 0 Å². The number of thioether (sulfide) groups is 1. The largest absolute Gasteiger partial charge is 0.398 e. The third-order valence-corrected chi connectivity index (χ3v) is 3.96. The topological polar surface area (TPSA) is 38.9 Å². The van der Waals surface area contributed by atoms with Gasteiger partial charge in [0.1, 0.15) is 5.15 Å². The quantitative estimate of drug-likeness (QED) is 0.519. The van der Waals surface area contributed by atoms with E-state index in [4.69, 9.17) is 17.3 Å². The molecule has 0 aliphatic heterocycles. The summed E-state index contributed by atoms with van der Waals surface area (Å²) in [5, 5.41) is 0.527. The lowest BCUT2D eigenvalue weighted by molar-refractivity contribution is 1.24. The van der Waals surface area contributed by atoms with Gasteiger partial charge in [0.05, 0.1) is 0 Å². The number of aromatic nitrogens is 1. The Morgan fingerprint density at radius 1 is 1.29 bits per heavy atom. The van der Waals surface area contributed by atoms with Gasteiger partial charge in [-0.2, -0.15) is 0 Å². The summed E-state index contributed by atoms with van der Waals surface area (Å²) in [7, 11) is 0. The van der Waals surface area contributed by atoms with Crippen LogP contribution in [0.3, 0.4) is 0 Å². The second-order valence-electron chi connectivity index (χ2n) is 3.75. The Morgan fingerprint density at radius 3 is 2.82 bits per heavy atom. The molecule has 0 aliphatic rings. The molecule has 88 valence electrons. The molecule has 0 aliphatic carbocycles. The smallest absolute Gasteiger partial charge is 0.129 e. The van der Waals surface area contributed by atoms with Gasteiger partial charge >= 0.3 is 0 Å². The van der Waals surface area contributed by atoms with E-state index in [0.29, 0.717) is 5.15 Å². The molecule has 0 saturated carbocycles. The van der Waals surface area contributed by atoms with Crippen molar-refractivity contribution in [2.75, 3.05) is 5.73 Å². The van der Waals surface area contributed by atoms with Crippen LogP contribution in [0.2, 0.25) is 5.15 Å². The van der Waals surface area contributed by atoms with Gasteiger partial charge in [0.25, 0.3) is 0 Å². The van der Waals surface area contributed by atoms with Crippen molar-refractivity contribution in [1.29, 1.82) is 0 Å². The fourth-order valence-electron chi connectivity index (χ4n) is 1.44. The number of nitrogen functional groups attached to an aromatic ring is 1. The zero-order valence-electron chi connectivity index (χ0n) is 9.48. The van der Waals surface area contributed by atoms with E-state index in [0.717, 1.165) is 22.6 Å². The minimum Gasteiger partial charge on any atom is -0.398 e. The Labute approximate surface area is 110 Å². The Balaban J connectivity index is 2.07. The molecule has 1 aromatic carbocycles. The molecule has 0 atom stereocenters. The molecule has 0 unspecified atom stereocenters. The van der Waals surface area contributed by atoms with Crippen LogP contribution >= 0.6 is 23.4 Å². The fraction of sp³-hybridized carbons (Fsp3) is 0.154. The highest BCUT2D eigenvalue weighted by molar-refractivity contribution is 7.98. The standard InChI is InChI=1S/C13H13ClN2S/c1-9-11(15)3-2-4-12(9)17-8-10-5-6-13(14)16-7-10/h2-7H,8,15H2,1H3. The van der Waals surface area contributed by atoms with Crippen LogP contribution in [0.1, 0.15) is 11.1 Å². The van der Waals surface area contributed by atoms with Crippen molar-refractivity contribution >= 4 is 29.1 Å². The maximum atomic E-state index is 5.87. The number of hydrogen-bond acceptors (Lipinski definition) is 3. The first-order valence-electron chi connectivity index (χ1n) is 5.25. The van der Waals surface area contributed by atoms with Crippen LogP contribution in [0.25, 0.3) is 0 Å². The van der Waals surface area contributed by atoms with Crippen LogP contribution < -0.4 is 5.73 Å². The predicted molar refractivity (Wildman–Crippen MR) is 74.4 cm³/mol. The van der Waals surface area contributed by atoms with Gasteiger partial charge in [-0.1, -0.05) is 23.7 Å². The van der Waals surface area contributed by atoms with Gasteiger partial charge in [-0.05, 0) is 36.2 Å². The van der Waals surface area contributed by atoms with Crippen molar-refractivity contribution in [3.05, 3.63) is 52.8 Å². The summed E-state index contributed by atoms with van der Waals surface area (Å²) in [5.74, 6) is 0.870. The van der Waals surface area contributed by atoms with E-state index in [1.165, 1.54) is 4.90 Å². The molecule has 17 heavy (non-hydrogen) atoms. The molecule has 0 radical (unpaired) electrons. The monoisotopic (exact) mass is 264 g/mol. The second-order valence-corrected chi connectivity index (χ2v) is 5.15. The predicted octanol–water partition coefficient (Wildman–Crippen LogP) is 3.92. The number of nitrogens with two attached hydrogens (primary N) is 1. The average Bonchev–Trinajstić information content (AvgIpc) is 2.33. The number of nitrogens with zero attached hydrogens (tertiary/aromatic N) is 1. The number of rotatable bonds is 3. The summed E-state index contributed by atoms with van der Waals surface area (Å²) in [5.41, 5.74) is 9.00. The zero-order chi connectivity index (χ0) is 12.3. The number of halogens is 1. The SMILES string of the molecule is Cc1c(N)cccc1SCc1ccc(Cl)nc1. The van der Waals surface area contributed by atoms with Crippen LogP contribution in [-0.2, 0) is 5.75 Å². The van der Waals surface area contributed by atoms with Crippen molar-refractivity contribution < 1.29 is 0 Å². The summed E-state index contributed by atoms with van der Waals surface area (Å²) in [4.78, 5) is 5.27. The van der Waals surface area contributed by atoms with Crippen molar-refractivity contribution in [3.8, 4) is 0 Å². The van der Waals surface area contributed by atoms with E-state index >= 15 is 0 Å². The summed E-state index contributed by atoms with van der Waals surface area (Å²) >= 11 is 7.50. The number of pyridine rings is 1. The maximum Gasteiger partial charge on any atom is 0.129 e. The van der Waals surface area contributed by atoms with E-state index in [1.807, 2.05) is 31.2 Å². The Morgan fingerprint density at radius 2 is 2.12 bits per heavy atom. The minimum atomic E-state index is 0.527. The van der Waals surface area contributed by atoms with Crippen molar-refractivity contribution in [2.24, 2.45) is 0 Å². The molecule has 2 nitrogen and oxygen atoms in total. The highest BCUT2D eigenvalue weighted by Gasteiger charge is 2.02. The van der Waals surface area contributed by atoms with Crippen molar-refractivity contribution in [3.63, 3.8) is 0 Å². The molecule has 0 bridgehead atoms. The molecular weight excluding hydrogens is 252 g/mol. The molecule has 0 spiro atoms. The van der Waals surface area contributed by atoms with E-state index in [9.17, 15) is 0 Å². The van der Waals surface area contributed by atoms with E-state index in [1.54, 1.807) is 18.0 Å². The Kier molecular flexibility index (Phi) is 3.92. The average molecular weight is 265 g/mol. The van der Waals surface area contributed by atoms with Crippen molar-refractivity contribution in [1.82, 2.24) is 4.98 Å². The number of anilines is 1. The molecule has 0 amide bonds. The Bertz CT molecular complexity index is 511. The molecule has 1 heterocycles. The van der Waals surface area contributed by atoms with Crippen molar-refractivity contribution in [2.45, 2.75) is 17.6 Å². The van der Waals surface area contributed by atoms with Gasteiger partial charge in [-0.3, -0.25) is 0 Å². The summed E-state index contributed by atoms with van der Waals surface area (Å²) in [6.45, 7) is 2.04. The zero-order valence-corrected chi connectivity index (χ0v) is 11.1. The van der Waals surface area contributed by atoms with Crippen LogP contribution in [-0.4, -0.2) is 4.98 Å². The lowest BCUT2D eigenvalue weighted by Crippen LogP contribution is -1.91. The third kappa shape index (κ3) is 3.14. The van der Waals surface area contributed by atoms with Gasteiger partial charge in [-0.25, -0.2) is 4.98 Å². The van der Waals surface area contributed by atoms with E-state index < -0.39 is 0 Å². The molecule has 1 aromatic heterocycles. The van der Waals surface area contributed by atoms with Crippen LogP contribution in [0.5, 0.6) is 0 Å². The van der Waals surface area contributed by atoms with Crippen LogP contribution in [0.4, 0.5) is 5.69 Å². The summed E-state index contributed by atoms with van der Waals surface area (Å²) in [6.07, 6.45) is 1.80. The molecular formula is C13H13ClN2S. The molecule has 0 fully saturated rings. The van der Waals surface area contributed by atoms with Crippen LogP contribution in [0, 0.1) is 6.92 Å². The first-order valence-corrected chi connectivity index (χ1v) is 6.61. The maximum absolute atomic E-state index is 5.87. The highest BCUT2D eigenvalue weighted by atomic mass is 35.5. The minimum absolute atomic E-state index is 0.527. The van der Waals surface area contributed by atoms with Gasteiger partial charge in [-0.15, -0.1) is 11.8 Å². The van der Waals surface area contributed by atoms with Gasteiger partial charge in [0.2, 0.25) is 0 Å². The Hall–Kier alpha value is -1.19. The van der Waals surface area contributed by atoms with Gasteiger partial charge in [0, 0.05) is 22.5 Å². The first-order chi connectivity index (χ1) is 8.16. The van der Waals surface area contributed by atoms with Crippen LogP contribution in [0.15, 0.2) is 41.4 Å². The lowest BCUT2D eigenvalue weighted by atomic mass is 10.2. The van der Waals surface area contributed by atoms with Gasteiger partial charge in [0.15, 0.2) is 0 Å².